The molecule has 8 aromatic rings. The largest absolute Gasteiger partial charge is 0.486 e. The van der Waals surface area contributed by atoms with Crippen LogP contribution in [0.2, 0.25) is 0 Å². The van der Waals surface area contributed by atoms with E-state index in [0.717, 1.165) is 59.9 Å². The summed E-state index contributed by atoms with van der Waals surface area (Å²) in [6, 6.07) is 15.8. The summed E-state index contributed by atoms with van der Waals surface area (Å²) in [6.07, 6.45) is 7.98. The zero-order valence-electron chi connectivity index (χ0n) is 54.5. The van der Waals surface area contributed by atoms with Crippen molar-refractivity contribution in [1.82, 2.24) is 54.8 Å². The highest BCUT2D eigenvalue weighted by molar-refractivity contribution is 6.06. The first-order chi connectivity index (χ1) is 44.7. The Bertz CT molecular complexity index is 4020. The molecule has 0 spiro atoms. The van der Waals surface area contributed by atoms with Gasteiger partial charge in [0, 0.05) is 92.0 Å². The molecule has 93 heavy (non-hydrogen) atoms. The van der Waals surface area contributed by atoms with Crippen LogP contribution in [0.4, 0.5) is 15.0 Å². The van der Waals surface area contributed by atoms with Crippen molar-refractivity contribution in [2.24, 2.45) is 5.92 Å². The van der Waals surface area contributed by atoms with Crippen LogP contribution in [0.1, 0.15) is 139 Å². The van der Waals surface area contributed by atoms with Crippen LogP contribution in [0.3, 0.4) is 0 Å². The van der Waals surface area contributed by atoms with E-state index < -0.39 is 54.1 Å². The molecule has 7 atom stereocenters. The Morgan fingerprint density at radius 3 is 2.37 bits per heavy atom. The molecule has 0 bridgehead atoms. The molecule has 4 aliphatic rings. The first-order valence-electron chi connectivity index (χ1n) is 32.2. The van der Waals surface area contributed by atoms with Crippen molar-refractivity contribution >= 4 is 45.5 Å². The Morgan fingerprint density at radius 1 is 0.925 bits per heavy atom. The molecule has 1 aliphatic carbocycles. The average molecular weight is 1280 g/mol. The van der Waals surface area contributed by atoms with Crippen molar-refractivity contribution in [1.29, 1.82) is 0 Å². The molecule has 492 valence electrons. The number of nitrogens with one attached hydrogen (secondary N) is 1. The standard InChI is InChI=1S/C69H83FN12O11/c1-38(2)61(66(86)80-32-48(84)27-56(80)65(85)73-54(34-83)45-20-22-46(23-21-45)62-41(5)71-37-92-62)81-33-53(76-77-81)44-16-14-42(15-17-44)36-90-63-59(58-40(4)52(70)29-55-51(58)30-72-82(55)57-13-11-12-26-89-57)49(43-18-19-43)28-50-60(63)74-67(91-35-39(3)88-10)75-64(50)78(9)47-24-25-79(31-47)68(87)93-69(6,7)8/h14-17,20-23,28-30,33,37-39,43,47-48,54,56-57,61,83-84H,11-13,18-19,24-27,31-32,34-36H2,1-10H3,(H,73,85)/t39-,47-,48+,54-,56-,57?,61-/m0/s1. The van der Waals surface area contributed by atoms with Crippen molar-refractivity contribution in [2.45, 2.75) is 161 Å². The number of nitrogens with zero attached hydrogens (tertiary/aromatic N) is 11. The summed E-state index contributed by atoms with van der Waals surface area (Å²) in [5.74, 6) is 0.0743. The van der Waals surface area contributed by atoms with Crippen LogP contribution in [0.5, 0.6) is 11.8 Å². The number of hydrogen-bond donors (Lipinski definition) is 3. The van der Waals surface area contributed by atoms with Gasteiger partial charge >= 0.3 is 12.1 Å². The maximum Gasteiger partial charge on any atom is 0.410 e. The molecule has 3 amide bonds. The number of fused-ring (bicyclic) bond motifs is 2. The van der Waals surface area contributed by atoms with E-state index in [2.05, 4.69) is 31.6 Å². The molecule has 23 nitrogen and oxygen atoms in total. The molecule has 7 heterocycles. The monoisotopic (exact) mass is 1270 g/mol. The molecule has 4 aromatic carbocycles. The van der Waals surface area contributed by atoms with E-state index in [1.54, 1.807) is 54.2 Å². The second kappa shape index (κ2) is 26.8. The third-order valence-corrected chi connectivity index (χ3v) is 18.3. The number of hydrogen-bond acceptors (Lipinski definition) is 18. The molecule has 3 aliphatic heterocycles. The topological polar surface area (TPSA) is 260 Å². The number of anilines is 1. The van der Waals surface area contributed by atoms with E-state index in [4.69, 9.17) is 43.2 Å². The number of oxazole rings is 1. The van der Waals surface area contributed by atoms with Crippen molar-refractivity contribution in [3.8, 4) is 45.5 Å². The number of methoxy groups -OCH3 is 1. The molecule has 4 aromatic heterocycles. The molecule has 24 heteroatoms. The number of benzene rings is 4. The van der Waals surface area contributed by atoms with Crippen LogP contribution < -0.4 is 19.7 Å². The van der Waals surface area contributed by atoms with Gasteiger partial charge in [-0.1, -0.05) is 67.6 Å². The van der Waals surface area contributed by atoms with Gasteiger partial charge in [0.1, 0.15) is 53.7 Å². The molecule has 3 N–H and O–H groups in total. The lowest BCUT2D eigenvalue weighted by Crippen LogP contribution is -2.50. The number of carbonyl (C=O) groups excluding carboxylic acids is 3. The van der Waals surface area contributed by atoms with Gasteiger partial charge in [-0.05, 0) is 120 Å². The van der Waals surface area contributed by atoms with Gasteiger partial charge in [-0.25, -0.2) is 23.5 Å². The van der Waals surface area contributed by atoms with Gasteiger partial charge in [-0.2, -0.15) is 15.1 Å². The molecular formula is C69H83FN12O11. The third kappa shape index (κ3) is 13.5. The van der Waals surface area contributed by atoms with Gasteiger partial charge in [0.15, 0.2) is 24.1 Å². The first-order valence-corrected chi connectivity index (χ1v) is 32.2. The van der Waals surface area contributed by atoms with Crippen molar-refractivity contribution in [2.75, 3.05) is 58.5 Å². The van der Waals surface area contributed by atoms with Crippen LogP contribution in [0.25, 0.3) is 55.5 Å². The van der Waals surface area contributed by atoms with Gasteiger partial charge < -0.3 is 58.3 Å². The Morgan fingerprint density at radius 2 is 1.69 bits per heavy atom. The number of carbonyl (C=O) groups is 3. The van der Waals surface area contributed by atoms with Crippen LogP contribution in [-0.2, 0) is 30.4 Å². The first kappa shape index (κ1) is 64.5. The number of halogens is 1. The van der Waals surface area contributed by atoms with Crippen LogP contribution >= 0.6 is 0 Å². The maximum atomic E-state index is 16.9. The number of aryl methyl sites for hydroxylation is 1. The second-order valence-corrected chi connectivity index (χ2v) is 26.5. The molecule has 1 saturated carbocycles. The number of amides is 3. The van der Waals surface area contributed by atoms with E-state index in [1.165, 1.54) is 16.0 Å². The van der Waals surface area contributed by atoms with E-state index in [1.807, 2.05) is 91.9 Å². The molecule has 0 radical (unpaired) electrons. The summed E-state index contributed by atoms with van der Waals surface area (Å²) in [4.78, 5) is 61.9. The lowest BCUT2D eigenvalue weighted by molar-refractivity contribution is -0.142. The van der Waals surface area contributed by atoms with Crippen molar-refractivity contribution in [3.63, 3.8) is 0 Å². The van der Waals surface area contributed by atoms with Gasteiger partial charge in [-0.15, -0.1) is 5.10 Å². The third-order valence-electron chi connectivity index (χ3n) is 18.3. The SMILES string of the molecule is CO[C@@H](C)COc1nc(N(C)[C@H]2CCN(C(=O)OC(C)(C)C)C2)c2cc(C3CC3)c(-c3c(C)c(F)cc4c3cnn4C3CCCCO3)c(OCc3ccc(-c4cn([C@H](C(=O)N5C[C@H](O)C[C@H]5C(=O)N[C@@H](CO)c5ccc(-c6ocnc6C)cc5)C(C)C)nn4)cc3)c2n1. The predicted octanol–water partition coefficient (Wildman–Crippen LogP) is 10.3. The highest BCUT2D eigenvalue weighted by Gasteiger charge is 2.44. The number of β-amino-alcohol motifs (C(OH)–C–C–N with tert-alkyl or cyclic N) is 1. The van der Waals surface area contributed by atoms with Crippen LogP contribution in [0, 0.1) is 25.6 Å². The zero-order valence-corrected chi connectivity index (χ0v) is 54.5. The molecule has 4 fully saturated rings. The van der Waals surface area contributed by atoms with Gasteiger partial charge in [0.25, 0.3) is 0 Å². The van der Waals surface area contributed by atoms with Crippen molar-refractivity contribution in [3.05, 3.63) is 113 Å². The number of ether oxygens (including phenoxy) is 5. The predicted molar refractivity (Wildman–Crippen MR) is 345 cm³/mol. The summed E-state index contributed by atoms with van der Waals surface area (Å²) in [5, 5.41) is 39.7. The van der Waals surface area contributed by atoms with Crippen molar-refractivity contribution < 1.29 is 57.1 Å². The van der Waals surface area contributed by atoms with E-state index >= 15 is 4.39 Å². The van der Waals surface area contributed by atoms with Crippen LogP contribution in [-0.4, -0.2) is 161 Å². The van der Waals surface area contributed by atoms with E-state index in [9.17, 15) is 24.6 Å². The van der Waals surface area contributed by atoms with Gasteiger partial charge in [0.05, 0.1) is 48.5 Å². The lowest BCUT2D eigenvalue weighted by Gasteiger charge is -2.30. The Kier molecular flexibility index (Phi) is 18.6. The Hall–Kier alpha value is -8.58. The number of aliphatic hydroxyl groups is 2. The van der Waals surface area contributed by atoms with E-state index in [0.29, 0.717) is 93.4 Å². The zero-order chi connectivity index (χ0) is 65.6. The summed E-state index contributed by atoms with van der Waals surface area (Å²) >= 11 is 0. The van der Waals surface area contributed by atoms with Gasteiger partial charge in [0.2, 0.25) is 11.8 Å². The summed E-state index contributed by atoms with van der Waals surface area (Å²) in [7, 11) is 3.58. The number of rotatable bonds is 21. The molecule has 3 saturated heterocycles. The second-order valence-electron chi connectivity index (χ2n) is 26.5. The Labute approximate surface area is 539 Å². The minimum Gasteiger partial charge on any atom is -0.486 e. The fraction of sp³-hybridized carbons (Fsp3) is 0.493. The van der Waals surface area contributed by atoms with Crippen LogP contribution in [0.15, 0.2) is 83.9 Å². The number of aromatic nitrogens is 8. The number of aliphatic hydroxyl groups excluding tert-OH is 2. The quantitative estimate of drug-likeness (QED) is 0.0604. The smallest absolute Gasteiger partial charge is 0.410 e. The van der Waals surface area contributed by atoms with Gasteiger partial charge in [-0.3, -0.25) is 9.59 Å². The minimum absolute atomic E-state index is 0.0104. The fourth-order valence-electron chi connectivity index (χ4n) is 13.0. The summed E-state index contributed by atoms with van der Waals surface area (Å²) < 4.78 is 57.1. The average Bonchev–Trinajstić information content (AvgIpc) is 1.71. The summed E-state index contributed by atoms with van der Waals surface area (Å²) in [6.45, 7) is 16.0. The molecular weight excluding hydrogens is 1190 g/mol. The lowest BCUT2D eigenvalue weighted by atomic mass is 9.88. The minimum atomic E-state index is -1.02. The Balaban J connectivity index is 0.861. The fourth-order valence-corrected chi connectivity index (χ4v) is 13.0. The maximum absolute atomic E-state index is 16.9. The highest BCUT2D eigenvalue weighted by atomic mass is 19.1. The highest BCUT2D eigenvalue weighted by Crippen LogP contribution is 2.54. The number of likely N-dealkylation sites (tertiary alicyclic amines) is 2. The summed E-state index contributed by atoms with van der Waals surface area (Å²) in [5.41, 5.74) is 7.25. The van der Waals surface area contributed by atoms with E-state index in [-0.39, 0.29) is 68.5 Å². The normalized spacial score (nSPS) is 19.5. The molecule has 12 rings (SSSR count). The number of likely N-dealkylation sites (N-methyl/N-ethyl adjacent to an activating group) is 1. The molecule has 1 unspecified atom stereocenters.